The Kier molecular flexibility index (Phi) is 7.00. The van der Waals surface area contributed by atoms with Crippen LogP contribution >= 0.6 is 27.7 Å². The van der Waals surface area contributed by atoms with E-state index in [-0.39, 0.29) is 17.5 Å². The molecule has 0 spiro atoms. The number of thioether (sulfide) groups is 1. The van der Waals surface area contributed by atoms with Crippen molar-refractivity contribution in [1.29, 1.82) is 0 Å². The molecule has 1 atom stereocenters. The number of aliphatic hydroxyl groups is 1. The molecule has 0 aliphatic heterocycles. The molecule has 1 N–H and O–H groups in total. The summed E-state index contributed by atoms with van der Waals surface area (Å²) in [6, 6.07) is 4.73. The molecule has 0 fully saturated rings. The van der Waals surface area contributed by atoms with E-state index in [9.17, 15) is 8.42 Å². The van der Waals surface area contributed by atoms with Gasteiger partial charge in [0.1, 0.15) is 0 Å². The summed E-state index contributed by atoms with van der Waals surface area (Å²) in [4.78, 5) is 0.230. The summed E-state index contributed by atoms with van der Waals surface area (Å²) in [6.45, 7) is 1.79. The zero-order chi connectivity index (χ0) is 15.3. The van der Waals surface area contributed by atoms with Crippen LogP contribution in [0.1, 0.15) is 18.9 Å². The highest BCUT2D eigenvalue weighted by Crippen LogP contribution is 2.27. The van der Waals surface area contributed by atoms with Crippen LogP contribution in [0.3, 0.4) is 0 Å². The molecule has 20 heavy (non-hydrogen) atoms. The van der Waals surface area contributed by atoms with Crippen LogP contribution in [-0.2, 0) is 16.6 Å². The van der Waals surface area contributed by atoms with Crippen LogP contribution < -0.4 is 0 Å². The maximum Gasteiger partial charge on any atom is 0.244 e. The molecule has 4 nitrogen and oxygen atoms in total. The van der Waals surface area contributed by atoms with Crippen molar-refractivity contribution >= 4 is 37.7 Å². The van der Waals surface area contributed by atoms with Gasteiger partial charge in [-0.3, -0.25) is 0 Å². The van der Waals surface area contributed by atoms with E-state index in [2.05, 4.69) is 15.9 Å². The van der Waals surface area contributed by atoms with Crippen LogP contribution in [0.4, 0.5) is 0 Å². The number of nitrogens with zero attached hydrogens (tertiary/aromatic N) is 1. The van der Waals surface area contributed by atoms with Crippen LogP contribution in [0.25, 0.3) is 0 Å². The summed E-state index contributed by atoms with van der Waals surface area (Å²) in [5, 5.41) is 9.07. The fraction of sp³-hybridized carbons (Fsp3) is 0.538. The third-order valence-corrected chi connectivity index (χ3v) is 6.79. The van der Waals surface area contributed by atoms with Gasteiger partial charge in [0, 0.05) is 17.6 Å². The minimum atomic E-state index is -3.53. The highest BCUT2D eigenvalue weighted by Gasteiger charge is 2.27. The Morgan fingerprint density at radius 1 is 1.45 bits per heavy atom. The summed E-state index contributed by atoms with van der Waals surface area (Å²) in [5.41, 5.74) is 0.675. The standard InChI is InChI=1S/C13H20BrNO3S2/c1-10(6-7-19-3)15(2)20(17,18)13-5-4-11(9-16)8-12(13)14/h4-5,8,10,16H,6-7,9H2,1-3H3. The third-order valence-electron chi connectivity index (χ3n) is 3.20. The lowest BCUT2D eigenvalue weighted by Gasteiger charge is -2.24. The molecule has 0 radical (unpaired) electrons. The number of rotatable bonds is 7. The summed E-state index contributed by atoms with van der Waals surface area (Å²) in [5.74, 6) is 0.922. The SMILES string of the molecule is CSCCC(C)N(C)S(=O)(=O)c1ccc(CO)cc1Br. The predicted molar refractivity (Wildman–Crippen MR) is 87.5 cm³/mol. The first kappa shape index (κ1) is 18.0. The second-order valence-corrected chi connectivity index (χ2v) is 8.38. The van der Waals surface area contributed by atoms with E-state index in [4.69, 9.17) is 5.11 Å². The summed E-state index contributed by atoms with van der Waals surface area (Å²) in [7, 11) is -1.92. The Bertz CT molecular complexity index is 549. The molecule has 1 aromatic rings. The van der Waals surface area contributed by atoms with E-state index >= 15 is 0 Å². The number of halogens is 1. The maximum absolute atomic E-state index is 12.6. The smallest absolute Gasteiger partial charge is 0.244 e. The fourth-order valence-corrected chi connectivity index (χ4v) is 4.77. The molecule has 0 bridgehead atoms. The lowest BCUT2D eigenvalue weighted by Crippen LogP contribution is -2.35. The van der Waals surface area contributed by atoms with Gasteiger partial charge in [-0.15, -0.1) is 0 Å². The van der Waals surface area contributed by atoms with Gasteiger partial charge in [-0.05, 0) is 59.0 Å². The summed E-state index contributed by atoms with van der Waals surface area (Å²) < 4.78 is 27.1. The number of benzene rings is 1. The number of aliphatic hydroxyl groups excluding tert-OH is 1. The van der Waals surface area contributed by atoms with Gasteiger partial charge in [0.2, 0.25) is 10.0 Å². The van der Waals surface area contributed by atoms with E-state index in [0.717, 1.165) is 12.2 Å². The van der Waals surface area contributed by atoms with E-state index in [1.54, 1.807) is 30.9 Å². The highest BCUT2D eigenvalue weighted by atomic mass is 79.9. The average Bonchev–Trinajstić information content (AvgIpc) is 2.43. The Morgan fingerprint density at radius 2 is 2.10 bits per heavy atom. The largest absolute Gasteiger partial charge is 0.392 e. The van der Waals surface area contributed by atoms with Gasteiger partial charge in [-0.25, -0.2) is 8.42 Å². The number of hydrogen-bond donors (Lipinski definition) is 1. The average molecular weight is 382 g/mol. The lowest BCUT2D eigenvalue weighted by molar-refractivity contribution is 0.281. The van der Waals surface area contributed by atoms with Crippen molar-refractivity contribution in [2.75, 3.05) is 19.1 Å². The zero-order valence-electron chi connectivity index (χ0n) is 11.8. The van der Waals surface area contributed by atoms with Gasteiger partial charge < -0.3 is 5.11 Å². The Hall–Kier alpha value is -0.0800. The Balaban J connectivity index is 3.04. The van der Waals surface area contributed by atoms with Crippen LogP contribution in [0.15, 0.2) is 27.6 Å². The molecule has 1 unspecified atom stereocenters. The van der Waals surface area contributed by atoms with Gasteiger partial charge in [0.05, 0.1) is 11.5 Å². The van der Waals surface area contributed by atoms with Gasteiger partial charge in [-0.1, -0.05) is 6.07 Å². The highest BCUT2D eigenvalue weighted by molar-refractivity contribution is 9.10. The lowest BCUT2D eigenvalue weighted by atomic mass is 10.2. The maximum atomic E-state index is 12.6. The minimum Gasteiger partial charge on any atom is -0.392 e. The molecule has 114 valence electrons. The van der Waals surface area contributed by atoms with Gasteiger partial charge in [0.15, 0.2) is 0 Å². The monoisotopic (exact) mass is 381 g/mol. The Morgan fingerprint density at radius 3 is 2.60 bits per heavy atom. The quantitative estimate of drug-likeness (QED) is 0.788. The predicted octanol–water partition coefficient (Wildman–Crippen LogP) is 2.70. The number of sulfonamides is 1. The molecule has 0 heterocycles. The molecule has 0 aromatic heterocycles. The first-order chi connectivity index (χ1) is 9.34. The van der Waals surface area contributed by atoms with Gasteiger partial charge in [-0.2, -0.15) is 16.1 Å². The van der Waals surface area contributed by atoms with Crippen molar-refractivity contribution in [2.45, 2.75) is 30.9 Å². The van der Waals surface area contributed by atoms with Crippen molar-refractivity contribution in [3.8, 4) is 0 Å². The van der Waals surface area contributed by atoms with Crippen molar-refractivity contribution in [3.05, 3.63) is 28.2 Å². The molecular formula is C13H20BrNO3S2. The van der Waals surface area contributed by atoms with E-state index in [0.29, 0.717) is 10.0 Å². The van der Waals surface area contributed by atoms with Crippen LogP contribution in [0, 0.1) is 0 Å². The molecular weight excluding hydrogens is 362 g/mol. The van der Waals surface area contributed by atoms with E-state index < -0.39 is 10.0 Å². The summed E-state index contributed by atoms with van der Waals surface area (Å²) in [6.07, 6.45) is 2.81. The topological polar surface area (TPSA) is 57.6 Å². The van der Waals surface area contributed by atoms with Gasteiger partial charge >= 0.3 is 0 Å². The molecule has 1 rings (SSSR count). The normalized spacial score (nSPS) is 13.7. The van der Waals surface area contributed by atoms with E-state index in [1.165, 1.54) is 10.4 Å². The zero-order valence-corrected chi connectivity index (χ0v) is 15.1. The minimum absolute atomic E-state index is 0.0585. The number of hydrogen-bond acceptors (Lipinski definition) is 4. The fourth-order valence-electron chi connectivity index (χ4n) is 1.71. The second-order valence-electron chi connectivity index (χ2n) is 4.57. The first-order valence-electron chi connectivity index (χ1n) is 6.20. The first-order valence-corrected chi connectivity index (χ1v) is 9.83. The molecule has 0 amide bonds. The van der Waals surface area contributed by atoms with Crippen LogP contribution in [-0.4, -0.2) is 42.9 Å². The van der Waals surface area contributed by atoms with Crippen molar-refractivity contribution in [1.82, 2.24) is 4.31 Å². The molecule has 0 saturated heterocycles. The van der Waals surface area contributed by atoms with Crippen LogP contribution in [0.5, 0.6) is 0 Å². The molecule has 0 saturated carbocycles. The molecule has 1 aromatic carbocycles. The van der Waals surface area contributed by atoms with Crippen molar-refractivity contribution in [3.63, 3.8) is 0 Å². The third kappa shape index (κ3) is 4.21. The van der Waals surface area contributed by atoms with Crippen LogP contribution in [0.2, 0.25) is 0 Å². The molecule has 7 heteroatoms. The summed E-state index contributed by atoms with van der Waals surface area (Å²) >= 11 is 4.98. The molecule has 0 aliphatic rings. The van der Waals surface area contributed by atoms with Gasteiger partial charge in [0.25, 0.3) is 0 Å². The van der Waals surface area contributed by atoms with Crippen molar-refractivity contribution < 1.29 is 13.5 Å². The van der Waals surface area contributed by atoms with Crippen molar-refractivity contribution in [2.24, 2.45) is 0 Å². The molecule has 0 aliphatic carbocycles. The Labute approximate surface area is 133 Å². The second kappa shape index (κ2) is 7.79. The van der Waals surface area contributed by atoms with E-state index in [1.807, 2.05) is 13.2 Å².